The zero-order valence-electron chi connectivity index (χ0n) is 40.3. The molecule has 366 valence electrons. The van der Waals surface area contributed by atoms with Crippen LogP contribution in [0.3, 0.4) is 0 Å². The molecule has 2 aliphatic carbocycles. The van der Waals surface area contributed by atoms with Crippen molar-refractivity contribution in [1.82, 2.24) is 29.7 Å². The van der Waals surface area contributed by atoms with E-state index in [1.807, 2.05) is 12.3 Å². The van der Waals surface area contributed by atoms with Gasteiger partial charge in [0.05, 0.1) is 48.7 Å². The fourth-order valence-electron chi connectivity index (χ4n) is 10.5. The molecule has 70 heavy (non-hydrogen) atoms. The summed E-state index contributed by atoms with van der Waals surface area (Å²) in [7, 11) is 0. The summed E-state index contributed by atoms with van der Waals surface area (Å²) < 4.78 is 23.0. The third kappa shape index (κ3) is 9.62. The number of esters is 2. The third-order valence-corrected chi connectivity index (χ3v) is 14.5. The fraction of sp³-hybridized carbons (Fsp3) is 0.509. The van der Waals surface area contributed by atoms with Crippen molar-refractivity contribution in [3.05, 3.63) is 87.7 Å². The van der Waals surface area contributed by atoms with Crippen molar-refractivity contribution in [2.45, 2.75) is 108 Å². The second kappa shape index (κ2) is 18.8. The minimum absolute atomic E-state index is 0.0434. The Hall–Kier alpha value is -6.30. The number of nitrogens with zero attached hydrogens (tertiary/aromatic N) is 8. The van der Waals surface area contributed by atoms with Gasteiger partial charge in [0.1, 0.15) is 17.9 Å². The van der Waals surface area contributed by atoms with Crippen molar-refractivity contribution in [3.63, 3.8) is 0 Å². The standard InChI is InChI=1S/C53H61N9O8/c1-53(2,3)47-42-26-34(25-41(33-6-7-33)46(42)57-52(58-47)61-16-20-68-21-17-61)50(66)70-44(63)11-10-43(48(54)64)62-29-36-24-37(8-9-39(36)49(62)65)69-38-12-13-59(30-38)28-31-22-35-27-55-51(60-14-18-67-19-15-60)56-45(35)40(23-31)32-4-5-32/h8-9,22-27,32-33,38,43H,4-7,10-21,28-30H2,1-3H3,(H2,54,64)/t38-,43-/m0/s1. The van der Waals surface area contributed by atoms with Crippen LogP contribution < -0.4 is 20.3 Å². The van der Waals surface area contributed by atoms with E-state index in [0.717, 1.165) is 91.0 Å². The van der Waals surface area contributed by atoms with E-state index in [2.05, 4.69) is 47.6 Å². The molecule has 5 aromatic rings. The maximum absolute atomic E-state index is 13.7. The Bertz CT molecular complexity index is 2880. The molecule has 11 rings (SSSR count). The number of fused-ring (bicyclic) bond motifs is 3. The topological polar surface area (TPSA) is 196 Å². The molecule has 3 aromatic carbocycles. The van der Waals surface area contributed by atoms with Crippen molar-refractivity contribution >= 4 is 57.5 Å². The third-order valence-electron chi connectivity index (χ3n) is 14.5. The number of likely N-dealkylation sites (tertiary alicyclic amines) is 1. The van der Waals surface area contributed by atoms with Crippen LogP contribution in [-0.4, -0.2) is 131 Å². The molecule has 6 aliphatic rings. The van der Waals surface area contributed by atoms with Crippen LogP contribution in [0.2, 0.25) is 0 Å². The van der Waals surface area contributed by atoms with Gasteiger partial charge in [-0.25, -0.2) is 24.7 Å². The van der Waals surface area contributed by atoms with E-state index in [1.54, 1.807) is 24.3 Å². The number of carbonyl (C=O) groups excluding carboxylic acids is 4. The van der Waals surface area contributed by atoms with Gasteiger partial charge in [-0.05, 0) is 109 Å². The van der Waals surface area contributed by atoms with Crippen molar-refractivity contribution in [2.24, 2.45) is 5.73 Å². The van der Waals surface area contributed by atoms with E-state index in [1.165, 1.54) is 28.9 Å². The van der Waals surface area contributed by atoms with Gasteiger partial charge in [-0.1, -0.05) is 26.8 Å². The molecule has 2 amide bonds. The number of rotatable bonds is 14. The quantitative estimate of drug-likeness (QED) is 0.102. The number of primary amides is 1. The van der Waals surface area contributed by atoms with Gasteiger partial charge >= 0.3 is 11.9 Å². The first-order chi connectivity index (χ1) is 33.8. The molecular weight excluding hydrogens is 891 g/mol. The van der Waals surface area contributed by atoms with Crippen molar-refractivity contribution < 1.29 is 38.1 Å². The van der Waals surface area contributed by atoms with Crippen molar-refractivity contribution in [3.8, 4) is 5.75 Å². The summed E-state index contributed by atoms with van der Waals surface area (Å²) >= 11 is 0. The van der Waals surface area contributed by atoms with E-state index in [9.17, 15) is 19.2 Å². The second-order valence-electron chi connectivity index (χ2n) is 20.9. The van der Waals surface area contributed by atoms with Gasteiger partial charge in [0.15, 0.2) is 0 Å². The van der Waals surface area contributed by atoms with E-state index >= 15 is 0 Å². The lowest BCUT2D eigenvalue weighted by molar-refractivity contribution is -0.138. The first kappa shape index (κ1) is 46.1. The Balaban J connectivity index is 0.715. The fourth-order valence-corrected chi connectivity index (χ4v) is 10.5. The normalized spacial score (nSPS) is 20.3. The Morgan fingerprint density at radius 1 is 0.814 bits per heavy atom. The number of amides is 2. The highest BCUT2D eigenvalue weighted by Gasteiger charge is 2.38. The van der Waals surface area contributed by atoms with Gasteiger partial charge in [-0.15, -0.1) is 0 Å². The molecule has 17 heteroatoms. The number of benzene rings is 3. The predicted octanol–water partition coefficient (Wildman–Crippen LogP) is 5.93. The summed E-state index contributed by atoms with van der Waals surface area (Å²) in [4.78, 5) is 81.7. The number of morpholine rings is 2. The van der Waals surface area contributed by atoms with Crippen LogP contribution in [0.1, 0.15) is 126 Å². The molecule has 0 unspecified atom stereocenters. The van der Waals surface area contributed by atoms with E-state index in [4.69, 9.17) is 44.6 Å². The van der Waals surface area contributed by atoms with Gasteiger partial charge in [-0.3, -0.25) is 19.3 Å². The number of hydrogen-bond acceptors (Lipinski definition) is 15. The van der Waals surface area contributed by atoms with E-state index < -0.39 is 23.9 Å². The number of hydrogen-bond donors (Lipinski definition) is 1. The molecule has 2 aromatic heterocycles. The number of nitrogens with two attached hydrogens (primary N) is 1. The smallest absolute Gasteiger partial charge is 0.345 e. The maximum atomic E-state index is 13.7. The number of aromatic nitrogens is 4. The zero-order chi connectivity index (χ0) is 48.3. The maximum Gasteiger partial charge on any atom is 0.345 e. The predicted molar refractivity (Wildman–Crippen MR) is 261 cm³/mol. The second-order valence-corrected chi connectivity index (χ2v) is 20.9. The average molecular weight is 952 g/mol. The molecular formula is C53H61N9O8. The Kier molecular flexibility index (Phi) is 12.4. The largest absolute Gasteiger partial charge is 0.489 e. The van der Waals surface area contributed by atoms with E-state index in [0.29, 0.717) is 68.3 Å². The summed E-state index contributed by atoms with van der Waals surface area (Å²) in [6, 6.07) is 12.4. The SMILES string of the molecule is CC(C)(C)c1nc(N2CCOCC2)nc2c(C3CC3)cc(C(=O)OC(=O)CC[C@@H](C(N)=O)N3Cc4cc(O[C@H]5CCN(Cc6cc(C7CC7)c7nc(N8CCOCC8)ncc7c6)C5)ccc4C3=O)cc12. The highest BCUT2D eigenvalue weighted by molar-refractivity contribution is 6.02. The summed E-state index contributed by atoms with van der Waals surface area (Å²) in [6.45, 7) is 14.3. The molecule has 6 heterocycles. The summed E-state index contributed by atoms with van der Waals surface area (Å²) in [5.41, 5.74) is 13.1. The zero-order valence-corrected chi connectivity index (χ0v) is 40.3. The lowest BCUT2D eigenvalue weighted by Gasteiger charge is -2.29. The Morgan fingerprint density at radius 3 is 2.19 bits per heavy atom. The lowest BCUT2D eigenvalue weighted by atomic mass is 9.87. The lowest BCUT2D eigenvalue weighted by Crippen LogP contribution is -2.45. The van der Waals surface area contributed by atoms with Gasteiger partial charge in [0.2, 0.25) is 17.8 Å². The van der Waals surface area contributed by atoms with Gasteiger partial charge in [0.25, 0.3) is 5.91 Å². The molecule has 2 N–H and O–H groups in total. The first-order valence-corrected chi connectivity index (χ1v) is 25.0. The molecule has 2 saturated carbocycles. The number of carbonyl (C=O) groups is 4. The Labute approximate surface area is 407 Å². The number of ether oxygens (including phenoxy) is 4. The molecule has 3 saturated heterocycles. The Morgan fingerprint density at radius 2 is 1.50 bits per heavy atom. The van der Waals surface area contributed by atoms with Crippen LogP contribution in [0, 0.1) is 0 Å². The van der Waals surface area contributed by atoms with Crippen LogP contribution in [-0.2, 0) is 42.3 Å². The highest BCUT2D eigenvalue weighted by atomic mass is 16.6. The molecule has 0 radical (unpaired) electrons. The van der Waals surface area contributed by atoms with Crippen LogP contribution in [0.4, 0.5) is 11.9 Å². The average Bonchev–Trinajstić information content (AvgIpc) is 4.30. The van der Waals surface area contributed by atoms with Crippen LogP contribution >= 0.6 is 0 Å². The summed E-state index contributed by atoms with van der Waals surface area (Å²) in [6.07, 6.45) is 6.67. The van der Waals surface area contributed by atoms with Gasteiger partial charge in [0, 0.05) is 86.7 Å². The minimum atomic E-state index is -1.10. The van der Waals surface area contributed by atoms with Gasteiger partial charge < -0.3 is 39.4 Å². The summed E-state index contributed by atoms with van der Waals surface area (Å²) in [5, 5.41) is 1.82. The highest BCUT2D eigenvalue weighted by Crippen LogP contribution is 2.46. The van der Waals surface area contributed by atoms with Crippen LogP contribution in [0.5, 0.6) is 5.75 Å². The molecule has 0 spiro atoms. The molecule has 2 atom stereocenters. The minimum Gasteiger partial charge on any atom is -0.489 e. The summed E-state index contributed by atoms with van der Waals surface area (Å²) in [5.74, 6) is 0.112. The molecule has 4 aliphatic heterocycles. The van der Waals surface area contributed by atoms with Crippen molar-refractivity contribution in [1.29, 1.82) is 0 Å². The molecule has 0 bridgehead atoms. The van der Waals surface area contributed by atoms with Crippen LogP contribution in [0.25, 0.3) is 21.8 Å². The monoisotopic (exact) mass is 951 g/mol. The van der Waals surface area contributed by atoms with Crippen molar-refractivity contribution in [2.75, 3.05) is 75.5 Å². The van der Waals surface area contributed by atoms with Crippen LogP contribution in [0.15, 0.2) is 48.7 Å². The first-order valence-electron chi connectivity index (χ1n) is 25.0. The molecule has 5 fully saturated rings. The molecule has 17 nitrogen and oxygen atoms in total. The van der Waals surface area contributed by atoms with E-state index in [-0.39, 0.29) is 48.3 Å². The number of anilines is 2. The van der Waals surface area contributed by atoms with Gasteiger partial charge in [-0.2, -0.15) is 0 Å².